The molecule has 0 aromatic heterocycles. The van der Waals surface area contributed by atoms with Gasteiger partial charge in [-0.2, -0.15) is 0 Å². The van der Waals surface area contributed by atoms with Crippen molar-refractivity contribution in [3.05, 3.63) is 12.2 Å². The monoisotopic (exact) mass is 705 g/mol. The van der Waals surface area contributed by atoms with Crippen molar-refractivity contribution in [2.45, 2.75) is 134 Å². The number of rotatable bonds is 11. The summed E-state index contributed by atoms with van der Waals surface area (Å²) in [5.41, 5.74) is -1.26. The van der Waals surface area contributed by atoms with Gasteiger partial charge in [-0.15, -0.1) is 0 Å². The minimum atomic E-state index is -5.02. The van der Waals surface area contributed by atoms with E-state index >= 15 is 0 Å². The number of fused-ring (bicyclic) bond motifs is 5. The van der Waals surface area contributed by atoms with Crippen LogP contribution in [0.4, 0.5) is 0 Å². The maximum Gasteiger partial charge on any atom is 0.218 e. The molecule has 4 aliphatic carbocycles. The highest BCUT2D eigenvalue weighted by molar-refractivity contribution is 7.80. The summed E-state index contributed by atoms with van der Waals surface area (Å²) in [5.74, 6) is -0.924. The quantitative estimate of drug-likeness (QED) is 0.102. The van der Waals surface area contributed by atoms with Crippen molar-refractivity contribution in [3.63, 3.8) is 0 Å². The Bertz CT molecular complexity index is 1270. The van der Waals surface area contributed by atoms with Crippen LogP contribution in [-0.4, -0.2) is 119 Å². The van der Waals surface area contributed by atoms with Crippen molar-refractivity contribution in [1.29, 1.82) is 0 Å². The Hall–Kier alpha value is -0.750. The molecule has 0 bridgehead atoms. The summed E-state index contributed by atoms with van der Waals surface area (Å²) >= 11 is 0. The molecule has 0 spiro atoms. The highest BCUT2D eigenvalue weighted by atomic mass is 32.3. The van der Waals surface area contributed by atoms with Crippen molar-refractivity contribution in [1.82, 2.24) is 0 Å². The van der Waals surface area contributed by atoms with Crippen LogP contribution in [0.1, 0.15) is 79.1 Å². The van der Waals surface area contributed by atoms with Crippen LogP contribution in [0.2, 0.25) is 0 Å². The van der Waals surface area contributed by atoms with Crippen LogP contribution in [-0.2, 0) is 28.8 Å². The lowest BCUT2D eigenvalue weighted by molar-refractivity contribution is -0.280. The number of aliphatic hydroxyl groups excluding tert-OH is 5. The van der Waals surface area contributed by atoms with Crippen molar-refractivity contribution >= 4 is 10.4 Å². The molecule has 278 valence electrons. The molecule has 13 nitrogen and oxygen atoms in total. The molecule has 17 atom stereocenters. The largest absolute Gasteiger partial charge is 0.726 e. The highest BCUT2D eigenvalue weighted by Crippen LogP contribution is 2.69. The van der Waals surface area contributed by atoms with Crippen LogP contribution in [0.25, 0.3) is 0 Å². The predicted molar refractivity (Wildman–Crippen MR) is 171 cm³/mol. The molecule has 5 rings (SSSR count). The molecule has 0 radical (unpaired) electrons. The standard InChI is InChI=1S/C34H58O13S/c1-17(19(3)15-45-31-28(39)29(44-6)24(16-46-31)47-48(41,42)43)7-8-18(2)20-13-22(36)30-32(20,4)12-10-25-33(5)11-9-21(35)27(38)26(33)23(37)14-34(25,30)40/h18-31,35-40H,1,7-16H2,2-6H3,(H,41,42,43)/p-1/t18?,19?,20-,21+,22-,23+,24?,25?,26?,27+,28?,29?,30?,31?,32-,33-,34+/m1/s1. The summed E-state index contributed by atoms with van der Waals surface area (Å²) in [5, 5.41) is 67.4. The molecule has 6 N–H and O–H groups in total. The van der Waals surface area contributed by atoms with E-state index in [9.17, 15) is 43.6 Å². The molecule has 1 saturated heterocycles. The molecule has 1 heterocycles. The maximum absolute atomic E-state index is 12.5. The molecule has 5 fully saturated rings. The van der Waals surface area contributed by atoms with Crippen LogP contribution < -0.4 is 0 Å². The van der Waals surface area contributed by atoms with Gasteiger partial charge in [-0.05, 0) is 73.5 Å². The van der Waals surface area contributed by atoms with E-state index in [1.54, 1.807) is 0 Å². The third-order valence-corrected chi connectivity index (χ3v) is 14.0. The summed E-state index contributed by atoms with van der Waals surface area (Å²) in [6.07, 6.45) is -3.92. The van der Waals surface area contributed by atoms with Gasteiger partial charge in [0.25, 0.3) is 0 Å². The lowest BCUT2D eigenvalue weighted by Crippen LogP contribution is -2.70. The first-order chi connectivity index (χ1) is 22.3. The Morgan fingerprint density at radius 3 is 2.33 bits per heavy atom. The fraction of sp³-hybridized carbons (Fsp3) is 0.941. The zero-order valence-electron chi connectivity index (χ0n) is 28.8. The van der Waals surface area contributed by atoms with E-state index in [2.05, 4.69) is 24.6 Å². The molecule has 0 aromatic carbocycles. The maximum atomic E-state index is 12.5. The Morgan fingerprint density at radius 1 is 1.02 bits per heavy atom. The van der Waals surface area contributed by atoms with Gasteiger partial charge in [-0.3, -0.25) is 4.18 Å². The molecule has 1 aliphatic heterocycles. The van der Waals surface area contributed by atoms with E-state index in [1.165, 1.54) is 7.11 Å². The van der Waals surface area contributed by atoms with E-state index in [0.29, 0.717) is 25.7 Å². The normalized spacial score (nSPS) is 49.0. The fourth-order valence-corrected chi connectivity index (χ4v) is 11.6. The summed E-state index contributed by atoms with van der Waals surface area (Å²) in [6.45, 7) is 12.5. The van der Waals surface area contributed by atoms with E-state index in [-0.39, 0.29) is 48.7 Å². The molecular weight excluding hydrogens is 648 g/mol. The number of hydrogen-bond donors (Lipinski definition) is 6. The number of ether oxygens (including phenoxy) is 3. The van der Waals surface area contributed by atoms with Crippen molar-refractivity contribution in [2.75, 3.05) is 20.3 Å². The van der Waals surface area contributed by atoms with E-state index in [1.807, 2.05) is 13.8 Å². The minimum absolute atomic E-state index is 0.0738. The van der Waals surface area contributed by atoms with Crippen LogP contribution in [0.3, 0.4) is 0 Å². The van der Waals surface area contributed by atoms with Gasteiger partial charge in [0, 0.05) is 31.3 Å². The van der Waals surface area contributed by atoms with Gasteiger partial charge in [-0.1, -0.05) is 39.8 Å². The van der Waals surface area contributed by atoms with Gasteiger partial charge >= 0.3 is 0 Å². The summed E-state index contributed by atoms with van der Waals surface area (Å²) in [6, 6.07) is 0. The van der Waals surface area contributed by atoms with Crippen LogP contribution >= 0.6 is 0 Å². The molecule has 5 aliphatic rings. The Kier molecular flexibility index (Phi) is 11.2. The SMILES string of the molecule is C=C(CCC(C)[C@H]1C[C@@H](O)C2[C@]3(O)C[C@H](O)C4[C@@H](O)[C@@H](O)CC[C@]4(C)C3CC[C@@]21C)C(C)COC1OCC(OS(=O)(=O)[O-])C(OC)C1O. The summed E-state index contributed by atoms with van der Waals surface area (Å²) in [4.78, 5) is 0. The van der Waals surface area contributed by atoms with Gasteiger partial charge < -0.3 is 49.4 Å². The van der Waals surface area contributed by atoms with Gasteiger partial charge in [-0.25, -0.2) is 8.42 Å². The molecule has 9 unspecified atom stereocenters. The van der Waals surface area contributed by atoms with Crippen molar-refractivity contribution in [3.8, 4) is 0 Å². The predicted octanol–water partition coefficient (Wildman–Crippen LogP) is 1.24. The average molecular weight is 706 g/mol. The van der Waals surface area contributed by atoms with Gasteiger partial charge in [0.15, 0.2) is 6.29 Å². The summed E-state index contributed by atoms with van der Waals surface area (Å²) in [7, 11) is -3.77. The lowest BCUT2D eigenvalue weighted by atomic mass is 9.41. The second-order valence-electron chi connectivity index (χ2n) is 16.2. The van der Waals surface area contributed by atoms with Gasteiger partial charge in [0.05, 0.1) is 43.2 Å². The molecule has 4 saturated carbocycles. The van der Waals surface area contributed by atoms with Gasteiger partial charge in [0.1, 0.15) is 18.3 Å². The Balaban J connectivity index is 1.18. The first-order valence-corrected chi connectivity index (χ1v) is 18.8. The highest BCUT2D eigenvalue weighted by Gasteiger charge is 2.71. The van der Waals surface area contributed by atoms with Crippen molar-refractivity contribution < 1.29 is 62.0 Å². The second kappa shape index (κ2) is 14.0. The first kappa shape index (κ1) is 38.5. The van der Waals surface area contributed by atoms with E-state index in [4.69, 9.17) is 14.2 Å². The van der Waals surface area contributed by atoms with E-state index in [0.717, 1.165) is 24.8 Å². The van der Waals surface area contributed by atoms with E-state index < -0.39 is 82.3 Å². The second-order valence-corrected chi connectivity index (χ2v) is 17.2. The number of aliphatic hydroxyl groups is 6. The zero-order valence-corrected chi connectivity index (χ0v) is 29.6. The molecule has 0 amide bonds. The van der Waals surface area contributed by atoms with Crippen LogP contribution in [0.15, 0.2) is 12.2 Å². The Morgan fingerprint density at radius 2 is 1.69 bits per heavy atom. The topological polar surface area (TPSA) is 215 Å². The minimum Gasteiger partial charge on any atom is -0.726 e. The number of methoxy groups -OCH3 is 1. The first-order valence-electron chi connectivity index (χ1n) is 17.5. The molecule has 0 aromatic rings. The van der Waals surface area contributed by atoms with Crippen molar-refractivity contribution in [2.24, 2.45) is 46.3 Å². The van der Waals surface area contributed by atoms with Gasteiger partial charge in [0.2, 0.25) is 10.4 Å². The lowest BCUT2D eigenvalue weighted by Gasteiger charge is -2.66. The molecule has 48 heavy (non-hydrogen) atoms. The molecule has 14 heteroatoms. The zero-order chi connectivity index (χ0) is 35.6. The third kappa shape index (κ3) is 6.79. The average Bonchev–Trinajstić information content (AvgIpc) is 3.27. The smallest absolute Gasteiger partial charge is 0.218 e. The van der Waals surface area contributed by atoms with Crippen LogP contribution in [0.5, 0.6) is 0 Å². The Labute approximate surface area is 284 Å². The third-order valence-electron chi connectivity index (χ3n) is 13.5. The number of hydrogen-bond acceptors (Lipinski definition) is 13. The summed E-state index contributed by atoms with van der Waals surface area (Å²) < 4.78 is 54.0. The fourth-order valence-electron chi connectivity index (χ4n) is 11.2. The molecular formula is C34H57O13S-. The van der Waals surface area contributed by atoms with Crippen LogP contribution in [0, 0.1) is 46.3 Å².